The molecule has 2 amide bonds. The molecule has 1 N–H and O–H groups in total. The summed E-state index contributed by atoms with van der Waals surface area (Å²) in [5, 5.41) is 3.09. The molecule has 0 saturated carbocycles. The number of hydrogen-bond acceptors (Lipinski definition) is 4. The molecule has 1 atom stereocenters. The number of aryl methyl sites for hydroxylation is 1. The molecule has 3 rings (SSSR count). The van der Waals surface area contributed by atoms with Gasteiger partial charge in [-0.25, -0.2) is 8.42 Å². The van der Waals surface area contributed by atoms with Gasteiger partial charge in [0.15, 0.2) is 0 Å². The monoisotopic (exact) mass is 463 g/mol. The third kappa shape index (κ3) is 5.70. The molecule has 7 nitrogen and oxygen atoms in total. The Hall–Kier alpha value is -1.93. The van der Waals surface area contributed by atoms with Crippen LogP contribution in [0.4, 0.5) is 0 Å². The summed E-state index contributed by atoms with van der Waals surface area (Å²) in [5.41, 5.74) is 1.02. The molecular formula is C24H37N3O4S. The van der Waals surface area contributed by atoms with Crippen LogP contribution in [0.5, 0.6) is 0 Å². The maximum atomic E-state index is 13.0. The third-order valence-electron chi connectivity index (χ3n) is 7.01. The number of benzene rings is 1. The van der Waals surface area contributed by atoms with Crippen molar-refractivity contribution in [2.75, 3.05) is 26.2 Å². The van der Waals surface area contributed by atoms with E-state index in [0.29, 0.717) is 62.7 Å². The van der Waals surface area contributed by atoms with Crippen molar-refractivity contribution in [2.24, 2.45) is 17.8 Å². The van der Waals surface area contributed by atoms with Gasteiger partial charge in [0, 0.05) is 44.1 Å². The molecule has 0 bridgehead atoms. The summed E-state index contributed by atoms with van der Waals surface area (Å²) in [5.74, 6) is 0.397. The summed E-state index contributed by atoms with van der Waals surface area (Å²) in [6.45, 7) is 10.0. The summed E-state index contributed by atoms with van der Waals surface area (Å²) >= 11 is 0. The lowest BCUT2D eigenvalue weighted by molar-refractivity contribution is -0.140. The fraction of sp³-hybridized carbons (Fsp3) is 0.667. The van der Waals surface area contributed by atoms with Gasteiger partial charge in [-0.15, -0.1) is 0 Å². The van der Waals surface area contributed by atoms with Crippen molar-refractivity contribution in [1.29, 1.82) is 0 Å². The predicted octanol–water partition coefficient (Wildman–Crippen LogP) is 2.80. The van der Waals surface area contributed by atoms with Gasteiger partial charge in [0.1, 0.15) is 0 Å². The van der Waals surface area contributed by atoms with Crippen molar-refractivity contribution in [3.8, 4) is 0 Å². The summed E-state index contributed by atoms with van der Waals surface area (Å²) < 4.78 is 27.3. The summed E-state index contributed by atoms with van der Waals surface area (Å²) in [4.78, 5) is 27.7. The molecule has 2 fully saturated rings. The van der Waals surface area contributed by atoms with Gasteiger partial charge in [0.25, 0.3) is 0 Å². The molecular weight excluding hydrogens is 426 g/mol. The van der Waals surface area contributed by atoms with Crippen LogP contribution in [0.3, 0.4) is 0 Å². The largest absolute Gasteiger partial charge is 0.353 e. The standard InChI is InChI=1S/C24H37N3O4S/c1-17(2)19(4)25-23(28)20-9-13-26(14-10-20)24(29)21-11-15-27(16-12-21)32(30,31)22-7-5-18(3)6-8-22/h5-8,17,19-21H,9-16H2,1-4H3,(H,25,28). The topological polar surface area (TPSA) is 86.8 Å². The van der Waals surface area contributed by atoms with E-state index in [1.54, 1.807) is 24.3 Å². The van der Waals surface area contributed by atoms with Crippen LogP contribution in [-0.2, 0) is 19.6 Å². The quantitative estimate of drug-likeness (QED) is 0.703. The van der Waals surface area contributed by atoms with Crippen LogP contribution in [0.15, 0.2) is 29.2 Å². The Labute approximate surface area is 192 Å². The molecule has 0 aliphatic carbocycles. The Morgan fingerprint density at radius 1 is 0.906 bits per heavy atom. The minimum absolute atomic E-state index is 0.0400. The molecule has 1 unspecified atom stereocenters. The number of piperidine rings is 2. The molecule has 2 aliphatic heterocycles. The zero-order chi connectivity index (χ0) is 23.5. The van der Waals surface area contributed by atoms with Crippen molar-refractivity contribution in [1.82, 2.24) is 14.5 Å². The van der Waals surface area contributed by atoms with E-state index in [1.807, 2.05) is 18.7 Å². The first-order chi connectivity index (χ1) is 15.1. The highest BCUT2D eigenvalue weighted by Crippen LogP contribution is 2.27. The number of nitrogens with one attached hydrogen (secondary N) is 1. The van der Waals surface area contributed by atoms with Crippen LogP contribution in [0.2, 0.25) is 0 Å². The summed E-state index contributed by atoms with van der Waals surface area (Å²) in [7, 11) is -3.52. The SMILES string of the molecule is Cc1ccc(S(=O)(=O)N2CCC(C(=O)N3CCC(C(=O)NC(C)C(C)C)CC3)CC2)cc1. The Balaban J connectivity index is 1.49. The van der Waals surface area contributed by atoms with Crippen molar-refractivity contribution in [3.05, 3.63) is 29.8 Å². The number of nitrogens with zero attached hydrogens (tertiary/aromatic N) is 2. The van der Waals surface area contributed by atoms with Crippen molar-refractivity contribution in [3.63, 3.8) is 0 Å². The van der Waals surface area contributed by atoms with E-state index < -0.39 is 10.0 Å². The Morgan fingerprint density at radius 3 is 1.97 bits per heavy atom. The molecule has 32 heavy (non-hydrogen) atoms. The van der Waals surface area contributed by atoms with Crippen molar-refractivity contribution in [2.45, 2.75) is 64.3 Å². The first-order valence-corrected chi connectivity index (χ1v) is 13.2. The molecule has 178 valence electrons. The van der Waals surface area contributed by atoms with Gasteiger partial charge in [-0.2, -0.15) is 4.31 Å². The second-order valence-electron chi connectivity index (χ2n) is 9.63. The molecule has 0 spiro atoms. The molecule has 1 aromatic carbocycles. The molecule has 8 heteroatoms. The van der Waals surface area contributed by atoms with Crippen LogP contribution in [0.1, 0.15) is 52.0 Å². The summed E-state index contributed by atoms with van der Waals surface area (Å²) in [6, 6.07) is 7.03. The average molecular weight is 464 g/mol. The van der Waals surface area contributed by atoms with Gasteiger partial charge < -0.3 is 10.2 Å². The van der Waals surface area contributed by atoms with E-state index in [1.165, 1.54) is 4.31 Å². The van der Waals surface area contributed by atoms with E-state index in [9.17, 15) is 18.0 Å². The number of carbonyl (C=O) groups is 2. The maximum absolute atomic E-state index is 13.0. The Kier molecular flexibility index (Phi) is 7.98. The second-order valence-corrected chi connectivity index (χ2v) is 11.6. The van der Waals surface area contributed by atoms with E-state index >= 15 is 0 Å². The lowest BCUT2D eigenvalue weighted by Crippen LogP contribution is -2.49. The van der Waals surface area contributed by atoms with Crippen LogP contribution in [0, 0.1) is 24.7 Å². The number of rotatable bonds is 6. The molecule has 0 radical (unpaired) electrons. The van der Waals surface area contributed by atoms with Crippen LogP contribution >= 0.6 is 0 Å². The number of sulfonamides is 1. The maximum Gasteiger partial charge on any atom is 0.243 e. The van der Waals surface area contributed by atoms with Gasteiger partial charge in [-0.1, -0.05) is 31.5 Å². The molecule has 2 saturated heterocycles. The van der Waals surface area contributed by atoms with E-state index in [4.69, 9.17) is 0 Å². The lowest BCUT2D eigenvalue weighted by atomic mass is 9.92. The zero-order valence-corrected chi connectivity index (χ0v) is 20.5. The van der Waals surface area contributed by atoms with E-state index in [0.717, 1.165) is 5.56 Å². The van der Waals surface area contributed by atoms with E-state index in [-0.39, 0.29) is 29.7 Å². The zero-order valence-electron chi connectivity index (χ0n) is 19.7. The predicted molar refractivity (Wildman–Crippen MR) is 124 cm³/mol. The highest BCUT2D eigenvalue weighted by molar-refractivity contribution is 7.89. The smallest absolute Gasteiger partial charge is 0.243 e. The van der Waals surface area contributed by atoms with Crippen molar-refractivity contribution < 1.29 is 18.0 Å². The number of hydrogen-bond donors (Lipinski definition) is 1. The second kappa shape index (κ2) is 10.3. The minimum Gasteiger partial charge on any atom is -0.353 e. The van der Waals surface area contributed by atoms with Gasteiger partial charge in [0.2, 0.25) is 21.8 Å². The molecule has 0 aromatic heterocycles. The van der Waals surface area contributed by atoms with Gasteiger partial charge in [-0.3, -0.25) is 9.59 Å². The lowest BCUT2D eigenvalue weighted by Gasteiger charge is -2.37. The van der Waals surface area contributed by atoms with Crippen LogP contribution in [0.25, 0.3) is 0 Å². The number of carbonyl (C=O) groups excluding carboxylic acids is 2. The van der Waals surface area contributed by atoms with Gasteiger partial charge in [-0.05, 0) is 57.6 Å². The number of likely N-dealkylation sites (tertiary alicyclic amines) is 1. The van der Waals surface area contributed by atoms with Crippen LogP contribution < -0.4 is 5.32 Å². The number of amides is 2. The van der Waals surface area contributed by atoms with Gasteiger partial charge >= 0.3 is 0 Å². The van der Waals surface area contributed by atoms with E-state index in [2.05, 4.69) is 19.2 Å². The highest BCUT2D eigenvalue weighted by atomic mass is 32.2. The third-order valence-corrected chi connectivity index (χ3v) is 8.92. The Bertz CT molecular complexity index is 898. The highest BCUT2D eigenvalue weighted by Gasteiger charge is 2.35. The Morgan fingerprint density at radius 2 is 1.44 bits per heavy atom. The normalized spacial score (nSPS) is 20.3. The molecule has 2 heterocycles. The van der Waals surface area contributed by atoms with Crippen LogP contribution in [-0.4, -0.2) is 61.7 Å². The van der Waals surface area contributed by atoms with Crippen molar-refractivity contribution >= 4 is 21.8 Å². The van der Waals surface area contributed by atoms with Gasteiger partial charge in [0.05, 0.1) is 4.90 Å². The summed E-state index contributed by atoms with van der Waals surface area (Å²) in [6.07, 6.45) is 2.44. The minimum atomic E-state index is -3.52. The fourth-order valence-electron chi connectivity index (χ4n) is 4.33. The first kappa shape index (κ1) is 24.7. The first-order valence-electron chi connectivity index (χ1n) is 11.8. The fourth-order valence-corrected chi connectivity index (χ4v) is 5.80. The molecule has 2 aliphatic rings. The average Bonchev–Trinajstić information content (AvgIpc) is 2.79. The molecule has 1 aromatic rings.